The molecule has 0 fully saturated rings. The molecule has 0 aromatic rings. The molecule has 0 rings (SSSR count). The summed E-state index contributed by atoms with van der Waals surface area (Å²) >= 11 is 0. The molecule has 0 saturated heterocycles. The van der Waals surface area contributed by atoms with Crippen molar-refractivity contribution < 1.29 is 31.7 Å². The first kappa shape index (κ1) is 24.0. The van der Waals surface area contributed by atoms with Gasteiger partial charge in [-0.05, 0) is 20.8 Å². The predicted octanol–water partition coefficient (Wildman–Crippen LogP) is 4.83. The summed E-state index contributed by atoms with van der Waals surface area (Å²) in [4.78, 5) is 0. The van der Waals surface area contributed by atoms with Crippen molar-refractivity contribution in [1.82, 2.24) is 0 Å². The van der Waals surface area contributed by atoms with E-state index in [9.17, 15) is 9.13 Å². The van der Waals surface area contributed by atoms with Crippen LogP contribution in [-0.2, 0) is 31.7 Å². The largest absolute Gasteiger partial charge is 0.474 e. The Kier molecular flexibility index (Phi) is 14.8. The molecule has 7 nitrogen and oxygen atoms in total. The normalized spacial score (nSPS) is 14.8. The van der Waals surface area contributed by atoms with Crippen molar-refractivity contribution in [3.63, 3.8) is 0 Å². The van der Waals surface area contributed by atoms with Crippen LogP contribution in [0.4, 0.5) is 0 Å². The lowest BCUT2D eigenvalue weighted by atomic mass is 10.9. The van der Waals surface area contributed by atoms with Crippen LogP contribution in [0.15, 0.2) is 0 Å². The zero-order chi connectivity index (χ0) is 17.6. The van der Waals surface area contributed by atoms with E-state index in [0.717, 1.165) is 0 Å². The van der Waals surface area contributed by atoms with E-state index < -0.39 is 15.4 Å². The first-order chi connectivity index (χ1) is 10.9. The Bertz CT molecular complexity index is 374. The summed E-state index contributed by atoms with van der Waals surface area (Å²) < 4.78 is 49.7. The molecule has 23 heavy (non-hydrogen) atoms. The Hall–Kier alpha value is 0.960. The molecule has 140 valence electrons. The maximum Gasteiger partial charge on any atom is 0.474 e. The van der Waals surface area contributed by atoms with Crippen LogP contribution in [0.5, 0.6) is 0 Å². The quantitative estimate of drug-likeness (QED) is 0.202. The zero-order valence-electron chi connectivity index (χ0n) is 14.2. The van der Waals surface area contributed by atoms with E-state index in [1.54, 1.807) is 49.3 Å². The molecule has 1 atom stereocenters. The Balaban J connectivity index is 3.73. The van der Waals surface area contributed by atoms with Crippen molar-refractivity contribution in [2.45, 2.75) is 27.7 Å². The van der Waals surface area contributed by atoms with Gasteiger partial charge in [0.2, 0.25) is 0 Å². The highest BCUT2D eigenvalue weighted by Crippen LogP contribution is 2.49. The summed E-state index contributed by atoms with van der Waals surface area (Å²) in [7, 11) is -3.22. The lowest BCUT2D eigenvalue weighted by Gasteiger charge is -2.16. The van der Waals surface area contributed by atoms with Crippen LogP contribution >= 0.6 is 37.0 Å². The summed E-state index contributed by atoms with van der Waals surface area (Å²) in [6.45, 7) is 8.59. The lowest BCUT2D eigenvalue weighted by Crippen LogP contribution is -2.03. The monoisotopic (exact) mass is 410 g/mol. The minimum atomic E-state index is -3.42. The zero-order valence-corrected chi connectivity index (χ0v) is 17.6. The summed E-state index contributed by atoms with van der Waals surface area (Å²) in [5.74, 6) is 1.31. The molecule has 0 aromatic carbocycles. The highest BCUT2D eigenvalue weighted by atomic mass is 33.1. The van der Waals surface area contributed by atoms with Crippen molar-refractivity contribution in [3.8, 4) is 0 Å². The standard InChI is InChI=1S/C12H28O7P2S2/c1-5-15-20(13,8-4)18-9-11-22-23-12-10-19-21(14,16-6-2)17-7-3/h5-12H2,1-4H3. The van der Waals surface area contributed by atoms with Crippen molar-refractivity contribution in [3.05, 3.63) is 0 Å². The third-order valence-corrected chi connectivity index (χ3v) is 8.22. The van der Waals surface area contributed by atoms with Gasteiger partial charge in [-0.2, -0.15) is 0 Å². The maximum atomic E-state index is 12.0. The van der Waals surface area contributed by atoms with Crippen LogP contribution in [-0.4, -0.2) is 50.7 Å². The van der Waals surface area contributed by atoms with E-state index >= 15 is 0 Å². The van der Waals surface area contributed by atoms with E-state index in [4.69, 9.17) is 22.6 Å². The molecule has 0 saturated carbocycles. The molecular formula is C12H28O7P2S2. The topological polar surface area (TPSA) is 80.3 Å². The molecule has 0 aromatic heterocycles. The second kappa shape index (κ2) is 14.2. The number of rotatable bonds is 16. The first-order valence-corrected chi connectivity index (χ1v) is 13.3. The van der Waals surface area contributed by atoms with Gasteiger partial charge in [0.1, 0.15) is 0 Å². The van der Waals surface area contributed by atoms with Crippen molar-refractivity contribution in [1.29, 1.82) is 0 Å². The SMILES string of the molecule is CCOP(=O)(CC)OCCSSCCOP(=O)(OCC)OCC. The Labute approximate surface area is 147 Å². The molecule has 0 radical (unpaired) electrons. The van der Waals surface area contributed by atoms with Crippen LogP contribution in [0, 0.1) is 0 Å². The van der Waals surface area contributed by atoms with Crippen LogP contribution in [0.25, 0.3) is 0 Å². The average molecular weight is 410 g/mol. The van der Waals surface area contributed by atoms with Gasteiger partial charge < -0.3 is 9.05 Å². The van der Waals surface area contributed by atoms with E-state index in [2.05, 4.69) is 0 Å². The van der Waals surface area contributed by atoms with Gasteiger partial charge in [0.15, 0.2) is 0 Å². The van der Waals surface area contributed by atoms with Gasteiger partial charge >= 0.3 is 15.4 Å². The molecule has 0 N–H and O–H groups in total. The molecule has 1 unspecified atom stereocenters. The average Bonchev–Trinajstić information content (AvgIpc) is 2.50. The first-order valence-electron chi connectivity index (χ1n) is 7.61. The van der Waals surface area contributed by atoms with Gasteiger partial charge in [-0.3, -0.25) is 18.1 Å². The van der Waals surface area contributed by atoms with E-state index in [1.807, 2.05) is 0 Å². The number of hydrogen-bond donors (Lipinski definition) is 0. The second-order valence-electron chi connectivity index (χ2n) is 3.94. The van der Waals surface area contributed by atoms with Gasteiger partial charge in [-0.1, -0.05) is 28.5 Å². The molecule has 0 spiro atoms. The third kappa shape index (κ3) is 12.0. The lowest BCUT2D eigenvalue weighted by molar-refractivity contribution is 0.127. The summed E-state index contributed by atoms with van der Waals surface area (Å²) in [5.41, 5.74) is 0. The van der Waals surface area contributed by atoms with Crippen molar-refractivity contribution >= 4 is 37.0 Å². The molecule has 0 heterocycles. The minimum absolute atomic E-state index is 0.266. The van der Waals surface area contributed by atoms with Crippen molar-refractivity contribution in [2.24, 2.45) is 0 Å². The smallest absolute Gasteiger partial charge is 0.309 e. The highest BCUT2D eigenvalue weighted by Gasteiger charge is 2.24. The number of phosphoric ester groups is 1. The van der Waals surface area contributed by atoms with Crippen molar-refractivity contribution in [2.75, 3.05) is 50.7 Å². The molecule has 0 aliphatic carbocycles. The van der Waals surface area contributed by atoms with Crippen LogP contribution in [0.2, 0.25) is 0 Å². The third-order valence-electron chi connectivity index (χ3n) is 2.24. The predicted molar refractivity (Wildman–Crippen MR) is 97.5 cm³/mol. The van der Waals surface area contributed by atoms with Gasteiger partial charge in [0.05, 0.1) is 33.0 Å². The fourth-order valence-electron chi connectivity index (χ4n) is 1.36. The Morgan fingerprint density at radius 1 is 0.696 bits per heavy atom. The molecule has 0 aliphatic rings. The van der Waals surface area contributed by atoms with Gasteiger partial charge in [-0.15, -0.1) is 0 Å². The molecular weight excluding hydrogens is 382 g/mol. The van der Waals surface area contributed by atoms with Crippen LogP contribution in [0.3, 0.4) is 0 Å². The van der Waals surface area contributed by atoms with Gasteiger partial charge in [-0.25, -0.2) is 4.57 Å². The molecule has 11 heteroatoms. The van der Waals surface area contributed by atoms with E-state index in [-0.39, 0.29) is 19.8 Å². The highest BCUT2D eigenvalue weighted by molar-refractivity contribution is 8.76. The fraction of sp³-hybridized carbons (Fsp3) is 1.00. The Morgan fingerprint density at radius 2 is 1.17 bits per heavy atom. The van der Waals surface area contributed by atoms with Crippen LogP contribution in [0.1, 0.15) is 27.7 Å². The maximum absolute atomic E-state index is 12.0. The van der Waals surface area contributed by atoms with Gasteiger partial charge in [0, 0.05) is 17.7 Å². The second-order valence-corrected chi connectivity index (χ2v) is 10.7. The molecule has 0 aliphatic heterocycles. The summed E-state index contributed by atoms with van der Waals surface area (Å²) in [5, 5.41) is 0. The fourth-order valence-corrected chi connectivity index (χ4v) is 5.63. The molecule has 0 bridgehead atoms. The number of hydrogen-bond acceptors (Lipinski definition) is 9. The van der Waals surface area contributed by atoms with E-state index in [0.29, 0.717) is 30.9 Å². The van der Waals surface area contributed by atoms with E-state index in [1.165, 1.54) is 0 Å². The van der Waals surface area contributed by atoms with Gasteiger partial charge in [0.25, 0.3) is 0 Å². The summed E-state index contributed by atoms with van der Waals surface area (Å²) in [6, 6.07) is 0. The Morgan fingerprint density at radius 3 is 1.61 bits per heavy atom. The minimum Gasteiger partial charge on any atom is -0.309 e. The van der Waals surface area contributed by atoms with Crippen LogP contribution < -0.4 is 0 Å². The molecule has 0 amide bonds. The summed E-state index contributed by atoms with van der Waals surface area (Å²) in [6.07, 6.45) is 0.372. The number of phosphoric acid groups is 1.